The van der Waals surface area contributed by atoms with E-state index in [0.717, 1.165) is 36.3 Å². The molecule has 0 amide bonds. The van der Waals surface area contributed by atoms with Gasteiger partial charge in [0.15, 0.2) is 68.0 Å². The molecule has 0 heterocycles. The zero-order chi connectivity index (χ0) is 92.6. The van der Waals surface area contributed by atoms with E-state index < -0.39 is 136 Å². The fraction of sp³-hybridized carbons (Fsp3) is 0.275. The molecule has 12 rings (SSSR count). The predicted octanol–water partition coefficient (Wildman–Crippen LogP) is 19.0. The summed E-state index contributed by atoms with van der Waals surface area (Å²) in [5.41, 5.74) is 2.03. The topological polar surface area (TPSA) is 92.3 Å². The van der Waals surface area contributed by atoms with Gasteiger partial charge in [0.2, 0.25) is 0 Å². The minimum Gasteiger partial charge on any atom is -0.446 e. The lowest BCUT2D eigenvalue weighted by molar-refractivity contribution is 0.321. The number of benzene rings is 12. The maximum Gasteiger partial charge on any atom is 0.315 e. The molecule has 0 bridgehead atoms. The van der Waals surface area contributed by atoms with E-state index in [-0.39, 0.29) is 0 Å². The van der Waals surface area contributed by atoms with Crippen molar-refractivity contribution in [3.8, 4) is 0 Å². The van der Waals surface area contributed by atoms with Crippen LogP contribution in [-0.2, 0) is 41.2 Å². The fourth-order valence-electron chi connectivity index (χ4n) is 17.8. The standard InChI is InChI=1S/C73H96O6Si10.C22H24OSi2.C7H24O3Si4/c1-80(2,59-61-82(5,6)76-87(65-41-23-14-24-42-65,66-43-25-15-26-44-66)67-45-27-16-28-46-67)74-85(11,12)79-86(13,64-63-84(9,10)78-89(71-53-35-20-36-54-71,72-55-37-21-38-56-72)73-57-39-22-40-58-73)75-81(3,4)60-62-83(7,8)77-88(68-47-29-17-30-48-68,69-49-31-18-32-50-69)70-51-33-19-34-52-70;1-4-24(2,3)23-25(20-14-8-5-9-15-20,21-16-10-6-11-17-21)22-18-12-7-13-19-22;1-11(2)8-13(5)10-14(6,7)9-12(3)4/h14-58H,59-64H2,1-13H3;4-19H,1H2,2-3H3;11-13H,1-7H3. The van der Waals surface area contributed by atoms with E-state index in [1.54, 1.807) is 0 Å². The Hall–Kier alpha value is -6.55. The average molecular weight is 1980 g/mol. The summed E-state index contributed by atoms with van der Waals surface area (Å²) in [7, 11) is -37.1. The molecule has 0 spiro atoms. The summed E-state index contributed by atoms with van der Waals surface area (Å²) in [6.07, 6.45) is 0. The molecule has 0 N–H and O–H groups in total. The molecule has 2 unspecified atom stereocenters. The second-order valence-corrected chi connectivity index (χ2v) is 97.4. The number of hydrogen-bond donors (Lipinski definition) is 0. The van der Waals surface area contributed by atoms with E-state index in [0.29, 0.717) is 0 Å². The molecule has 128 heavy (non-hydrogen) atoms. The third-order valence-corrected chi connectivity index (χ3v) is 84.7. The molecule has 0 radical (unpaired) electrons. The first kappa shape index (κ1) is 104. The van der Waals surface area contributed by atoms with Gasteiger partial charge in [-0.25, -0.2) is 0 Å². The van der Waals surface area contributed by atoms with Crippen molar-refractivity contribution in [1.82, 2.24) is 0 Å². The van der Waals surface area contributed by atoms with Crippen LogP contribution in [0.4, 0.5) is 0 Å². The highest BCUT2D eigenvalue weighted by Crippen LogP contribution is 2.37. The van der Waals surface area contributed by atoms with Crippen molar-refractivity contribution >= 4 is 198 Å². The van der Waals surface area contributed by atoms with Gasteiger partial charge in [-0.15, -0.1) is 6.58 Å². The van der Waals surface area contributed by atoms with Crippen LogP contribution in [0.2, 0.25) is 180 Å². The van der Waals surface area contributed by atoms with Crippen LogP contribution in [0.25, 0.3) is 0 Å². The molecule has 0 aromatic heterocycles. The molecule has 0 saturated carbocycles. The van der Waals surface area contributed by atoms with Gasteiger partial charge in [-0.3, -0.25) is 0 Å². The van der Waals surface area contributed by atoms with Crippen LogP contribution >= 0.6 is 0 Å². The highest BCUT2D eigenvalue weighted by molar-refractivity contribution is 7.13. The molecule has 676 valence electrons. The highest BCUT2D eigenvalue weighted by Gasteiger charge is 2.54. The Morgan fingerprint density at radius 2 is 0.398 bits per heavy atom. The molecule has 26 heteroatoms. The Bertz CT molecular complexity index is 4880. The Morgan fingerprint density at radius 3 is 0.594 bits per heavy atom. The zero-order valence-electron chi connectivity index (χ0n) is 80.5. The second kappa shape index (κ2) is 45.9. The summed E-state index contributed by atoms with van der Waals surface area (Å²) in [6, 6.07) is 137. The van der Waals surface area contributed by atoms with Crippen LogP contribution in [-0.4, -0.2) is 136 Å². The van der Waals surface area contributed by atoms with Crippen LogP contribution in [0.15, 0.2) is 376 Å². The first-order valence-electron chi connectivity index (χ1n) is 45.8. The second-order valence-electron chi connectivity index (χ2n) is 38.9. The van der Waals surface area contributed by atoms with Gasteiger partial charge in [0.05, 0.1) is 0 Å². The minimum atomic E-state index is -3.08. The fourth-order valence-corrected chi connectivity index (χ4v) is 93.0. The maximum atomic E-state index is 8.13. The predicted molar refractivity (Wildman–Crippen MR) is 588 cm³/mol. The molecule has 10 nitrogen and oxygen atoms in total. The lowest BCUT2D eigenvalue weighted by Crippen LogP contribution is -2.72. The first-order valence-corrected chi connectivity index (χ1v) is 87.9. The Morgan fingerprint density at radius 1 is 0.211 bits per heavy atom. The summed E-state index contributed by atoms with van der Waals surface area (Å²) >= 11 is 0. The summed E-state index contributed by atoms with van der Waals surface area (Å²) < 4.78 is 72.5. The van der Waals surface area contributed by atoms with Gasteiger partial charge in [0.1, 0.15) is 0 Å². The van der Waals surface area contributed by atoms with Crippen LogP contribution < -0.4 is 62.2 Å². The van der Waals surface area contributed by atoms with E-state index >= 15 is 0 Å². The van der Waals surface area contributed by atoms with Crippen LogP contribution in [0, 0.1) is 0 Å². The van der Waals surface area contributed by atoms with Crippen molar-refractivity contribution in [3.63, 3.8) is 0 Å². The van der Waals surface area contributed by atoms with Gasteiger partial charge in [-0.2, -0.15) is 0 Å². The van der Waals surface area contributed by atoms with E-state index in [4.69, 9.17) is 41.2 Å². The van der Waals surface area contributed by atoms with Gasteiger partial charge in [0, 0.05) is 0 Å². The van der Waals surface area contributed by atoms with Gasteiger partial charge >= 0.3 is 25.7 Å². The quantitative estimate of drug-likeness (QED) is 0.0272. The molecule has 0 aliphatic rings. The van der Waals surface area contributed by atoms with Crippen LogP contribution in [0.5, 0.6) is 0 Å². The zero-order valence-corrected chi connectivity index (χ0v) is 96.9. The lowest BCUT2D eigenvalue weighted by atomic mass is 10.3. The van der Waals surface area contributed by atoms with Gasteiger partial charge in [0.25, 0.3) is 42.6 Å². The van der Waals surface area contributed by atoms with Crippen molar-refractivity contribution in [2.24, 2.45) is 0 Å². The minimum absolute atomic E-state index is 0.801. The largest absolute Gasteiger partial charge is 0.446 e. The number of rotatable bonds is 42. The first-order chi connectivity index (χ1) is 60.6. The third-order valence-electron chi connectivity index (χ3n) is 23.1. The molecule has 12 aromatic carbocycles. The van der Waals surface area contributed by atoms with Crippen molar-refractivity contribution in [1.29, 1.82) is 0 Å². The molecule has 12 aromatic rings. The Balaban J connectivity index is 0.000000357. The number of hydrogen-bond acceptors (Lipinski definition) is 10. The van der Waals surface area contributed by atoms with Crippen LogP contribution in [0.3, 0.4) is 0 Å². The maximum absolute atomic E-state index is 8.13. The smallest absolute Gasteiger partial charge is 0.315 e. The Kier molecular flexibility index (Phi) is 37.1. The van der Waals surface area contributed by atoms with Crippen LogP contribution in [0.1, 0.15) is 0 Å². The van der Waals surface area contributed by atoms with E-state index in [1.807, 2.05) is 5.70 Å². The summed E-state index contributed by atoms with van der Waals surface area (Å²) in [5, 5.41) is 15.2. The van der Waals surface area contributed by atoms with E-state index in [9.17, 15) is 0 Å². The van der Waals surface area contributed by atoms with Crippen molar-refractivity contribution < 1.29 is 41.2 Å². The lowest BCUT2D eigenvalue weighted by Gasteiger charge is -2.45. The molecular formula is C102H144O10Si16. The Labute approximate surface area is 789 Å². The van der Waals surface area contributed by atoms with Gasteiger partial charge < -0.3 is 41.2 Å². The normalized spacial score (nSPS) is 13.6. The summed E-state index contributed by atoms with van der Waals surface area (Å²) in [4.78, 5) is 0. The van der Waals surface area contributed by atoms with Crippen molar-refractivity contribution in [3.05, 3.63) is 376 Å². The third kappa shape index (κ3) is 28.7. The SMILES string of the molecule is C=C[Si](C)(C)O[Si](c1ccccc1)(c1ccccc1)c1ccccc1.C[SiH](C)O[SiH](C)O[Si](C)(C)O[SiH](C)C.C[Si](C)(CC[Si](C)(C)O[Si](c1ccccc1)(c1ccccc1)c1ccccc1)O[Si](C)(C)O[Si](C)(CC[Si](C)(C)O[Si](c1ccccc1)(c1ccccc1)c1ccccc1)O[Si](C)(C)CC[Si](C)(C)O[Si](c1ccccc1)(c1ccccc1)c1ccccc1. The summed E-state index contributed by atoms with van der Waals surface area (Å²) in [5.74, 6) is 0. The molecular weight excluding hydrogens is 1830 g/mol. The molecule has 0 fully saturated rings. The van der Waals surface area contributed by atoms with Crippen molar-refractivity contribution in [2.75, 3.05) is 0 Å². The summed E-state index contributed by atoms with van der Waals surface area (Å²) in [6.45, 7) is 54.8. The molecule has 0 aliphatic carbocycles. The van der Waals surface area contributed by atoms with Gasteiger partial charge in [-0.05, 0) is 243 Å². The monoisotopic (exact) mass is 1980 g/mol. The average Bonchev–Trinajstić information content (AvgIpc) is 0.758. The van der Waals surface area contributed by atoms with Crippen molar-refractivity contribution in [2.45, 2.75) is 180 Å². The molecule has 0 saturated heterocycles. The van der Waals surface area contributed by atoms with Gasteiger partial charge in [-0.1, -0.05) is 370 Å². The highest BCUT2D eigenvalue weighted by atomic mass is 28.5. The van der Waals surface area contributed by atoms with E-state index in [2.05, 4.69) is 515 Å². The molecule has 0 aliphatic heterocycles. The van der Waals surface area contributed by atoms with E-state index in [1.165, 1.54) is 62.2 Å². The molecule has 2 atom stereocenters.